The van der Waals surface area contributed by atoms with Crippen LogP contribution in [0.4, 0.5) is 5.69 Å². The van der Waals surface area contributed by atoms with Gasteiger partial charge in [-0.25, -0.2) is 0 Å². The molecule has 0 bridgehead atoms. The maximum atomic E-state index is 12.0. The van der Waals surface area contributed by atoms with Crippen LogP contribution >= 0.6 is 11.6 Å². The number of rotatable bonds is 4. The van der Waals surface area contributed by atoms with Crippen LogP contribution in [0.1, 0.15) is 18.5 Å². The Hall–Kier alpha value is -1.85. The van der Waals surface area contributed by atoms with Crippen LogP contribution in [0.2, 0.25) is 5.02 Å². The third-order valence-corrected chi connectivity index (χ3v) is 3.55. The van der Waals surface area contributed by atoms with Gasteiger partial charge in [-0.1, -0.05) is 11.6 Å². The molecule has 1 aromatic heterocycles. The van der Waals surface area contributed by atoms with Crippen LogP contribution in [0.15, 0.2) is 36.7 Å². The number of aromatic nitrogens is 2. The summed E-state index contributed by atoms with van der Waals surface area (Å²) in [7, 11) is 0. The van der Waals surface area contributed by atoms with E-state index in [4.69, 9.17) is 11.6 Å². The lowest BCUT2D eigenvalue weighted by Gasteiger charge is -2.18. The average Bonchev–Trinajstić information content (AvgIpc) is 3.00. The molecule has 1 amide bonds. The number of benzene rings is 1. The van der Waals surface area contributed by atoms with Gasteiger partial charge in [0, 0.05) is 34.7 Å². The number of nitrogens with zero attached hydrogens (tertiary/aromatic N) is 2. The predicted octanol–water partition coefficient (Wildman–Crippen LogP) is 2.21. The van der Waals surface area contributed by atoms with Crippen molar-refractivity contribution >= 4 is 23.2 Å². The molecule has 2 aromatic rings. The summed E-state index contributed by atoms with van der Waals surface area (Å²) in [4.78, 5) is 12.0. The lowest BCUT2D eigenvalue weighted by atomic mass is 10.1. The Labute approximate surface area is 121 Å². The van der Waals surface area contributed by atoms with Gasteiger partial charge in [0.2, 0.25) is 5.91 Å². The normalized spacial score (nSPS) is 18.7. The average molecular weight is 291 g/mol. The molecule has 2 heterocycles. The quantitative estimate of drug-likeness (QED) is 0.908. The molecule has 2 unspecified atom stereocenters. The topological polar surface area (TPSA) is 59.0 Å². The van der Waals surface area contributed by atoms with E-state index in [1.807, 2.05) is 36.0 Å². The van der Waals surface area contributed by atoms with Gasteiger partial charge in [-0.15, -0.1) is 0 Å². The summed E-state index contributed by atoms with van der Waals surface area (Å²) in [6.07, 6.45) is 3.64. The molecule has 1 aliphatic rings. The molecule has 5 nitrogen and oxygen atoms in total. The zero-order valence-electron chi connectivity index (χ0n) is 11.0. The Morgan fingerprint density at radius 3 is 3.15 bits per heavy atom. The molecule has 0 radical (unpaired) electrons. The van der Waals surface area contributed by atoms with E-state index in [2.05, 4.69) is 15.7 Å². The van der Waals surface area contributed by atoms with Crippen LogP contribution in [-0.2, 0) is 11.3 Å². The van der Waals surface area contributed by atoms with E-state index in [1.165, 1.54) is 0 Å². The number of fused-ring (bicyclic) bond motifs is 1. The van der Waals surface area contributed by atoms with Crippen LogP contribution in [0, 0.1) is 0 Å². The monoisotopic (exact) mass is 290 g/mol. The first kappa shape index (κ1) is 13.1. The fraction of sp³-hybridized carbons (Fsp3) is 0.286. The van der Waals surface area contributed by atoms with Crippen molar-refractivity contribution in [1.82, 2.24) is 15.1 Å². The number of nitrogens with one attached hydrogen (secondary N) is 2. The lowest BCUT2D eigenvalue weighted by Crippen LogP contribution is -2.37. The maximum Gasteiger partial charge on any atom is 0.246 e. The minimum absolute atomic E-state index is 0.0467. The van der Waals surface area contributed by atoms with Gasteiger partial charge in [-0.05, 0) is 31.2 Å². The number of carbonyl (C=O) groups is 1. The van der Waals surface area contributed by atoms with Gasteiger partial charge in [0.1, 0.15) is 6.04 Å². The van der Waals surface area contributed by atoms with E-state index in [-0.39, 0.29) is 18.0 Å². The lowest BCUT2D eigenvalue weighted by molar-refractivity contribution is -0.117. The second-order valence-corrected chi connectivity index (χ2v) is 5.39. The van der Waals surface area contributed by atoms with Crippen LogP contribution in [0.5, 0.6) is 0 Å². The number of anilines is 1. The number of hydrogen-bond donors (Lipinski definition) is 2. The van der Waals surface area contributed by atoms with Crippen molar-refractivity contribution in [3.63, 3.8) is 0 Å². The smallest absolute Gasteiger partial charge is 0.246 e. The molecular formula is C14H15ClN4O. The summed E-state index contributed by atoms with van der Waals surface area (Å²) >= 11 is 6.01. The second kappa shape index (κ2) is 5.26. The van der Waals surface area contributed by atoms with Gasteiger partial charge >= 0.3 is 0 Å². The fourth-order valence-corrected chi connectivity index (χ4v) is 2.60. The number of hydrogen-bond acceptors (Lipinski definition) is 3. The van der Waals surface area contributed by atoms with Gasteiger partial charge in [0.25, 0.3) is 0 Å². The Morgan fingerprint density at radius 2 is 2.40 bits per heavy atom. The highest BCUT2D eigenvalue weighted by atomic mass is 35.5. The summed E-state index contributed by atoms with van der Waals surface area (Å²) in [6.45, 7) is 2.73. The van der Waals surface area contributed by atoms with Crippen molar-refractivity contribution in [3.8, 4) is 0 Å². The standard InChI is InChI=1S/C14H15ClN4O/c1-9(8-19-6-2-5-16-19)17-13-11-7-10(15)3-4-12(11)18-14(13)20/h2-7,9,13,17H,8H2,1H3,(H,18,20). The first-order valence-corrected chi connectivity index (χ1v) is 6.85. The molecule has 0 saturated carbocycles. The van der Waals surface area contributed by atoms with Crippen LogP contribution in [0.3, 0.4) is 0 Å². The van der Waals surface area contributed by atoms with Gasteiger partial charge < -0.3 is 5.32 Å². The zero-order chi connectivity index (χ0) is 14.1. The zero-order valence-corrected chi connectivity index (χ0v) is 11.8. The highest BCUT2D eigenvalue weighted by Crippen LogP contribution is 2.33. The fourth-order valence-electron chi connectivity index (χ4n) is 2.42. The van der Waals surface area contributed by atoms with E-state index < -0.39 is 0 Å². The Balaban J connectivity index is 1.74. The number of carbonyl (C=O) groups excluding carboxylic acids is 1. The molecule has 2 atom stereocenters. The number of amides is 1. The molecule has 0 fully saturated rings. The molecule has 3 rings (SSSR count). The predicted molar refractivity (Wildman–Crippen MR) is 77.6 cm³/mol. The Bertz CT molecular complexity index is 626. The van der Waals surface area contributed by atoms with Crippen LogP contribution in [-0.4, -0.2) is 21.7 Å². The SMILES string of the molecule is CC(Cn1cccn1)NC1C(=O)Nc2ccc(Cl)cc21. The molecule has 2 N–H and O–H groups in total. The molecule has 6 heteroatoms. The third kappa shape index (κ3) is 2.55. The van der Waals surface area contributed by atoms with Gasteiger partial charge in [0.15, 0.2) is 0 Å². The minimum Gasteiger partial charge on any atom is -0.324 e. The Morgan fingerprint density at radius 1 is 1.55 bits per heavy atom. The van der Waals surface area contributed by atoms with Crippen molar-refractivity contribution in [1.29, 1.82) is 0 Å². The molecule has 104 valence electrons. The largest absolute Gasteiger partial charge is 0.324 e. The van der Waals surface area contributed by atoms with E-state index in [9.17, 15) is 4.79 Å². The van der Waals surface area contributed by atoms with Gasteiger partial charge in [0.05, 0.1) is 6.54 Å². The van der Waals surface area contributed by atoms with Crippen LogP contribution < -0.4 is 10.6 Å². The van der Waals surface area contributed by atoms with Crippen molar-refractivity contribution in [2.45, 2.75) is 25.6 Å². The van der Waals surface area contributed by atoms with Crippen LogP contribution in [0.25, 0.3) is 0 Å². The molecule has 0 aliphatic carbocycles. The Kier molecular flexibility index (Phi) is 3.46. The highest BCUT2D eigenvalue weighted by molar-refractivity contribution is 6.31. The highest BCUT2D eigenvalue weighted by Gasteiger charge is 2.31. The van der Waals surface area contributed by atoms with Gasteiger partial charge in [-0.3, -0.25) is 14.8 Å². The minimum atomic E-state index is -0.366. The maximum absolute atomic E-state index is 12.0. The van der Waals surface area contributed by atoms with Gasteiger partial charge in [-0.2, -0.15) is 5.10 Å². The van der Waals surface area contributed by atoms with E-state index >= 15 is 0 Å². The molecule has 1 aromatic carbocycles. The summed E-state index contributed by atoms with van der Waals surface area (Å²) < 4.78 is 1.84. The summed E-state index contributed by atoms with van der Waals surface area (Å²) in [5.74, 6) is -0.0467. The molecular weight excluding hydrogens is 276 g/mol. The van der Waals surface area contributed by atoms with Crippen molar-refractivity contribution in [3.05, 3.63) is 47.2 Å². The summed E-state index contributed by atoms with van der Waals surface area (Å²) in [5.41, 5.74) is 1.72. The summed E-state index contributed by atoms with van der Waals surface area (Å²) in [5, 5.41) is 11.0. The molecule has 20 heavy (non-hydrogen) atoms. The van der Waals surface area contributed by atoms with Crippen molar-refractivity contribution < 1.29 is 4.79 Å². The van der Waals surface area contributed by atoms with Crippen molar-refractivity contribution in [2.75, 3.05) is 5.32 Å². The van der Waals surface area contributed by atoms with E-state index in [1.54, 1.807) is 12.3 Å². The molecule has 1 aliphatic heterocycles. The number of halogens is 1. The van der Waals surface area contributed by atoms with E-state index in [0.29, 0.717) is 11.6 Å². The van der Waals surface area contributed by atoms with E-state index in [0.717, 1.165) is 11.3 Å². The van der Waals surface area contributed by atoms with Crippen molar-refractivity contribution in [2.24, 2.45) is 0 Å². The molecule has 0 saturated heterocycles. The summed E-state index contributed by atoms with van der Waals surface area (Å²) in [6, 6.07) is 7.05. The first-order chi connectivity index (χ1) is 9.63. The third-order valence-electron chi connectivity index (χ3n) is 3.32. The first-order valence-electron chi connectivity index (χ1n) is 6.47. The molecule has 0 spiro atoms. The second-order valence-electron chi connectivity index (χ2n) is 4.95.